The van der Waals surface area contributed by atoms with Gasteiger partial charge in [-0.3, -0.25) is 0 Å². The van der Waals surface area contributed by atoms with Gasteiger partial charge in [0.1, 0.15) is 0 Å². The molecule has 1 saturated carbocycles. The number of nitrogens with one attached hydrogen (secondary N) is 1. The summed E-state index contributed by atoms with van der Waals surface area (Å²) in [6.07, 6.45) is 11.8. The molecule has 0 aromatic carbocycles. The lowest BCUT2D eigenvalue weighted by Crippen LogP contribution is -2.39. The van der Waals surface area contributed by atoms with Gasteiger partial charge in [-0.15, -0.1) is 0 Å². The third-order valence-electron chi connectivity index (χ3n) is 3.30. The molecule has 0 aliphatic heterocycles. The van der Waals surface area contributed by atoms with Gasteiger partial charge in [0, 0.05) is 31.0 Å². The number of rotatable bonds is 5. The second-order valence-electron chi connectivity index (χ2n) is 4.73. The number of nitrogens with zero attached hydrogens (tertiary/aromatic N) is 2. The fraction of sp³-hybridized carbons (Fsp3) is 0.750. The van der Waals surface area contributed by atoms with Crippen molar-refractivity contribution in [1.29, 1.82) is 0 Å². The highest BCUT2D eigenvalue weighted by atomic mass is 15.0. The van der Waals surface area contributed by atoms with Crippen LogP contribution in [0.1, 0.15) is 32.1 Å². The summed E-state index contributed by atoms with van der Waals surface area (Å²) in [4.78, 5) is 4.03. The van der Waals surface area contributed by atoms with Gasteiger partial charge >= 0.3 is 0 Å². The molecule has 0 bridgehead atoms. The first-order valence-electron chi connectivity index (χ1n) is 6.29. The van der Waals surface area contributed by atoms with Crippen molar-refractivity contribution in [2.75, 3.05) is 6.54 Å². The van der Waals surface area contributed by atoms with Gasteiger partial charge in [0.25, 0.3) is 0 Å². The summed E-state index contributed by atoms with van der Waals surface area (Å²) in [5.41, 5.74) is 5.95. The molecule has 3 N–H and O–H groups in total. The van der Waals surface area contributed by atoms with Crippen LogP contribution in [0.4, 0.5) is 0 Å². The average Bonchev–Trinajstić information content (AvgIpc) is 2.77. The molecule has 1 heterocycles. The SMILES string of the molecule is NC1CCCC(NCCCn2ccnc2)C1. The minimum Gasteiger partial charge on any atom is -0.337 e. The molecule has 4 heteroatoms. The Labute approximate surface area is 97.2 Å². The van der Waals surface area contributed by atoms with Gasteiger partial charge < -0.3 is 15.6 Å². The largest absolute Gasteiger partial charge is 0.337 e. The Morgan fingerprint density at radius 1 is 1.44 bits per heavy atom. The van der Waals surface area contributed by atoms with Gasteiger partial charge in [0.05, 0.1) is 6.33 Å². The van der Waals surface area contributed by atoms with E-state index in [1.807, 2.05) is 18.7 Å². The molecule has 0 amide bonds. The first-order chi connectivity index (χ1) is 7.84. The minimum absolute atomic E-state index is 0.417. The van der Waals surface area contributed by atoms with E-state index < -0.39 is 0 Å². The lowest BCUT2D eigenvalue weighted by atomic mass is 9.91. The maximum Gasteiger partial charge on any atom is 0.0945 e. The van der Waals surface area contributed by atoms with Crippen molar-refractivity contribution < 1.29 is 0 Å². The van der Waals surface area contributed by atoms with Crippen LogP contribution in [0.5, 0.6) is 0 Å². The van der Waals surface area contributed by atoms with E-state index in [0.29, 0.717) is 12.1 Å². The van der Waals surface area contributed by atoms with Crippen molar-refractivity contribution in [3.05, 3.63) is 18.7 Å². The first kappa shape index (κ1) is 11.6. The molecule has 2 atom stereocenters. The number of hydrogen-bond acceptors (Lipinski definition) is 3. The maximum atomic E-state index is 5.95. The fourth-order valence-electron chi connectivity index (χ4n) is 2.40. The Morgan fingerprint density at radius 3 is 3.12 bits per heavy atom. The van der Waals surface area contributed by atoms with E-state index in [0.717, 1.165) is 25.9 Å². The van der Waals surface area contributed by atoms with Crippen molar-refractivity contribution >= 4 is 0 Å². The molecule has 90 valence electrons. The number of aryl methyl sites for hydroxylation is 1. The average molecular weight is 222 g/mol. The Hall–Kier alpha value is -0.870. The van der Waals surface area contributed by atoms with Crippen LogP contribution in [0.15, 0.2) is 18.7 Å². The van der Waals surface area contributed by atoms with Crippen molar-refractivity contribution in [2.45, 2.75) is 50.7 Å². The molecule has 0 spiro atoms. The normalized spacial score (nSPS) is 25.8. The molecular formula is C12H22N4. The number of imidazole rings is 1. The van der Waals surface area contributed by atoms with Crippen LogP contribution >= 0.6 is 0 Å². The summed E-state index contributed by atoms with van der Waals surface area (Å²) in [7, 11) is 0. The van der Waals surface area contributed by atoms with Crippen molar-refractivity contribution in [3.8, 4) is 0 Å². The monoisotopic (exact) mass is 222 g/mol. The van der Waals surface area contributed by atoms with Crippen LogP contribution in [0, 0.1) is 0 Å². The van der Waals surface area contributed by atoms with Gasteiger partial charge in [-0.2, -0.15) is 0 Å². The summed E-state index contributed by atoms with van der Waals surface area (Å²) in [6, 6.07) is 1.06. The molecule has 1 aliphatic rings. The topological polar surface area (TPSA) is 55.9 Å². The highest BCUT2D eigenvalue weighted by Gasteiger charge is 2.17. The fourth-order valence-corrected chi connectivity index (χ4v) is 2.40. The molecule has 16 heavy (non-hydrogen) atoms. The molecule has 0 saturated heterocycles. The molecular weight excluding hydrogens is 200 g/mol. The number of hydrogen-bond donors (Lipinski definition) is 2. The number of nitrogens with two attached hydrogens (primary N) is 1. The van der Waals surface area contributed by atoms with Crippen LogP contribution in [-0.2, 0) is 6.54 Å². The van der Waals surface area contributed by atoms with Crippen molar-refractivity contribution in [2.24, 2.45) is 5.73 Å². The van der Waals surface area contributed by atoms with Gasteiger partial charge in [0.15, 0.2) is 0 Å². The predicted octanol–water partition coefficient (Wildman–Crippen LogP) is 1.13. The molecule has 1 aromatic heterocycles. The van der Waals surface area contributed by atoms with Crippen LogP contribution in [0.3, 0.4) is 0 Å². The quantitative estimate of drug-likeness (QED) is 0.734. The van der Waals surface area contributed by atoms with E-state index in [1.165, 1.54) is 19.3 Å². The molecule has 2 rings (SSSR count). The third-order valence-corrected chi connectivity index (χ3v) is 3.30. The highest BCUT2D eigenvalue weighted by Crippen LogP contribution is 2.16. The first-order valence-corrected chi connectivity index (χ1v) is 6.29. The molecule has 4 nitrogen and oxygen atoms in total. The van der Waals surface area contributed by atoms with Gasteiger partial charge in [-0.1, -0.05) is 6.42 Å². The summed E-state index contributed by atoms with van der Waals surface area (Å²) < 4.78 is 2.12. The van der Waals surface area contributed by atoms with E-state index in [-0.39, 0.29) is 0 Å². The molecule has 0 radical (unpaired) electrons. The zero-order valence-corrected chi connectivity index (χ0v) is 9.81. The third kappa shape index (κ3) is 3.61. The summed E-state index contributed by atoms with van der Waals surface area (Å²) in [5, 5.41) is 3.60. The molecule has 1 fully saturated rings. The summed E-state index contributed by atoms with van der Waals surface area (Å²) in [5.74, 6) is 0. The summed E-state index contributed by atoms with van der Waals surface area (Å²) in [6.45, 7) is 2.13. The second-order valence-corrected chi connectivity index (χ2v) is 4.73. The highest BCUT2D eigenvalue weighted by molar-refractivity contribution is 4.80. The zero-order chi connectivity index (χ0) is 11.2. The van der Waals surface area contributed by atoms with Crippen molar-refractivity contribution in [3.63, 3.8) is 0 Å². The Kier molecular flexibility index (Phi) is 4.36. The molecule has 2 unspecified atom stereocenters. The maximum absolute atomic E-state index is 5.95. The standard InChI is InChI=1S/C12H22N4/c13-11-3-1-4-12(9-11)15-5-2-7-16-8-6-14-10-16/h6,8,10-12,15H,1-5,7,9,13H2. The van der Waals surface area contributed by atoms with Crippen LogP contribution in [-0.4, -0.2) is 28.2 Å². The van der Waals surface area contributed by atoms with Crippen molar-refractivity contribution in [1.82, 2.24) is 14.9 Å². The van der Waals surface area contributed by atoms with E-state index in [2.05, 4.69) is 14.9 Å². The van der Waals surface area contributed by atoms with E-state index in [1.54, 1.807) is 0 Å². The number of aromatic nitrogens is 2. The smallest absolute Gasteiger partial charge is 0.0945 e. The van der Waals surface area contributed by atoms with E-state index in [4.69, 9.17) is 5.73 Å². The summed E-state index contributed by atoms with van der Waals surface area (Å²) >= 11 is 0. The Bertz CT molecular complexity index is 283. The zero-order valence-electron chi connectivity index (χ0n) is 9.81. The van der Waals surface area contributed by atoms with Crippen LogP contribution < -0.4 is 11.1 Å². The van der Waals surface area contributed by atoms with E-state index >= 15 is 0 Å². The lowest BCUT2D eigenvalue weighted by Gasteiger charge is -2.27. The lowest BCUT2D eigenvalue weighted by molar-refractivity contribution is 0.336. The minimum atomic E-state index is 0.417. The molecule has 1 aromatic rings. The Balaban J connectivity index is 1.57. The predicted molar refractivity (Wildman–Crippen MR) is 65.1 cm³/mol. The second kappa shape index (κ2) is 6.01. The van der Waals surface area contributed by atoms with Gasteiger partial charge in [-0.25, -0.2) is 4.98 Å². The van der Waals surface area contributed by atoms with Gasteiger partial charge in [0.2, 0.25) is 0 Å². The molecule has 1 aliphatic carbocycles. The van der Waals surface area contributed by atoms with Crippen LogP contribution in [0.2, 0.25) is 0 Å². The van der Waals surface area contributed by atoms with Gasteiger partial charge in [-0.05, 0) is 32.2 Å². The Morgan fingerprint density at radius 2 is 2.38 bits per heavy atom. The van der Waals surface area contributed by atoms with Crippen LogP contribution in [0.25, 0.3) is 0 Å². The van der Waals surface area contributed by atoms with E-state index in [9.17, 15) is 0 Å².